The second-order valence-corrected chi connectivity index (χ2v) is 11.2. The first-order chi connectivity index (χ1) is 13.7. The van der Waals surface area contributed by atoms with Crippen molar-refractivity contribution >= 4 is 35.5 Å². The maximum Gasteiger partial charge on any atom is 0.410 e. The molecule has 0 saturated carbocycles. The molecule has 0 aromatic heterocycles. The quantitative estimate of drug-likeness (QED) is 0.698. The number of nitrogens with zero attached hydrogens (tertiary/aromatic N) is 2. The highest BCUT2D eigenvalue weighted by Crippen LogP contribution is 2.47. The second-order valence-electron chi connectivity index (χ2n) is 9.93. The van der Waals surface area contributed by atoms with Gasteiger partial charge in [-0.3, -0.25) is 9.59 Å². The molecule has 0 unspecified atom stereocenters. The van der Waals surface area contributed by atoms with Gasteiger partial charge in [-0.1, -0.05) is 13.8 Å². The first-order valence-electron chi connectivity index (χ1n) is 10.3. The first kappa shape index (κ1) is 24.5. The topological polar surface area (TPSA) is 104 Å². The van der Waals surface area contributed by atoms with Gasteiger partial charge in [-0.2, -0.15) is 0 Å². The average molecular weight is 443 g/mol. The molecule has 2 aliphatic heterocycles. The lowest BCUT2D eigenvalue weighted by atomic mass is 9.84. The van der Waals surface area contributed by atoms with E-state index in [0.29, 0.717) is 18.6 Å². The van der Waals surface area contributed by atoms with E-state index in [1.165, 1.54) is 16.8 Å². The number of carboxylic acids is 1. The third-order valence-corrected chi connectivity index (χ3v) is 7.07. The summed E-state index contributed by atoms with van der Waals surface area (Å²) in [6.45, 7) is 10.6. The predicted molar refractivity (Wildman–Crippen MR) is 114 cm³/mol. The lowest BCUT2D eigenvalue weighted by molar-refractivity contribution is -0.153. The van der Waals surface area contributed by atoms with Gasteiger partial charge in [0.05, 0.1) is 11.4 Å². The van der Waals surface area contributed by atoms with Crippen molar-refractivity contribution in [1.29, 1.82) is 0 Å². The number of rotatable bonds is 5. The maximum atomic E-state index is 13.3. The number of carboxylic acid groups (broad SMARTS) is 1. The Bertz CT molecular complexity index is 717. The SMILES string of the molecule is C[C@@H](C(=O)C[C@H]1CCS[C@H]2CC(C)(C)[C@@H](C(=O)O)N2C1=O)N(C)C(=O)OC(C)(C)C. The van der Waals surface area contributed by atoms with Gasteiger partial charge in [0.1, 0.15) is 11.6 Å². The summed E-state index contributed by atoms with van der Waals surface area (Å²) in [6, 6.07) is -1.65. The molecular formula is C21H34N2O6S. The standard InChI is InChI=1S/C21H34N2O6S/c1-12(22(7)19(28)29-20(2,3)4)14(24)10-13-8-9-30-15-11-21(5,6)16(18(26)27)23(15)17(13)25/h12-13,15-16H,8-11H2,1-7H3,(H,26,27)/t12-,13+,15-,16+/m0/s1. The van der Waals surface area contributed by atoms with E-state index in [1.807, 2.05) is 13.8 Å². The molecule has 0 aromatic rings. The number of ketones is 1. The van der Waals surface area contributed by atoms with Crippen molar-refractivity contribution in [2.45, 2.75) is 83.9 Å². The van der Waals surface area contributed by atoms with Crippen molar-refractivity contribution in [3.8, 4) is 0 Å². The predicted octanol–water partition coefficient (Wildman–Crippen LogP) is 2.99. The Balaban J connectivity index is 2.12. The minimum Gasteiger partial charge on any atom is -0.480 e. The average Bonchev–Trinajstić information content (AvgIpc) is 2.79. The lowest BCUT2D eigenvalue weighted by Gasteiger charge is -2.32. The van der Waals surface area contributed by atoms with Gasteiger partial charge in [0.25, 0.3) is 0 Å². The fourth-order valence-electron chi connectivity index (χ4n) is 4.06. The molecule has 0 radical (unpaired) electrons. The van der Waals surface area contributed by atoms with Crippen LogP contribution < -0.4 is 0 Å². The van der Waals surface area contributed by atoms with Crippen LogP contribution >= 0.6 is 11.8 Å². The fourth-order valence-corrected chi connectivity index (χ4v) is 5.68. The maximum absolute atomic E-state index is 13.3. The number of hydrogen-bond donors (Lipinski definition) is 1. The van der Waals surface area contributed by atoms with Crippen LogP contribution in [-0.2, 0) is 19.1 Å². The third kappa shape index (κ3) is 5.28. The van der Waals surface area contributed by atoms with Gasteiger partial charge in [-0.25, -0.2) is 9.59 Å². The van der Waals surface area contributed by atoms with E-state index in [0.717, 1.165) is 0 Å². The summed E-state index contributed by atoms with van der Waals surface area (Å²) in [4.78, 5) is 53.1. The van der Waals surface area contributed by atoms with E-state index in [1.54, 1.807) is 39.5 Å². The molecule has 30 heavy (non-hydrogen) atoms. The number of Topliss-reactive ketones (excluding diaryl/α,β-unsaturated/α-hetero) is 1. The van der Waals surface area contributed by atoms with Gasteiger partial charge in [0, 0.05) is 19.4 Å². The molecule has 1 N–H and O–H groups in total. The first-order valence-corrected chi connectivity index (χ1v) is 11.4. The molecule has 4 atom stereocenters. The van der Waals surface area contributed by atoms with E-state index >= 15 is 0 Å². The molecule has 9 heteroatoms. The summed E-state index contributed by atoms with van der Waals surface area (Å²) >= 11 is 1.58. The van der Waals surface area contributed by atoms with Crippen LogP contribution in [0.25, 0.3) is 0 Å². The third-order valence-electron chi connectivity index (χ3n) is 5.82. The van der Waals surface area contributed by atoms with Crippen molar-refractivity contribution in [2.75, 3.05) is 12.8 Å². The van der Waals surface area contributed by atoms with Gasteiger partial charge >= 0.3 is 12.1 Å². The Morgan fingerprint density at radius 3 is 2.47 bits per heavy atom. The number of fused-ring (bicyclic) bond motifs is 1. The zero-order valence-corrected chi connectivity index (χ0v) is 19.7. The largest absolute Gasteiger partial charge is 0.480 e. The normalized spacial score (nSPS) is 27.1. The molecule has 170 valence electrons. The molecule has 2 aliphatic rings. The van der Waals surface area contributed by atoms with Crippen molar-refractivity contribution in [2.24, 2.45) is 11.3 Å². The molecule has 0 aliphatic carbocycles. The Hall–Kier alpha value is -1.77. The van der Waals surface area contributed by atoms with Crippen LogP contribution in [0.4, 0.5) is 4.79 Å². The zero-order valence-electron chi connectivity index (χ0n) is 18.9. The molecule has 2 amide bonds. The van der Waals surface area contributed by atoms with E-state index in [4.69, 9.17) is 4.74 Å². The Kier molecular flexibility index (Phi) is 7.16. The summed E-state index contributed by atoms with van der Waals surface area (Å²) in [5.41, 5.74) is -1.21. The van der Waals surface area contributed by atoms with E-state index in [9.17, 15) is 24.3 Å². The smallest absolute Gasteiger partial charge is 0.410 e. The van der Waals surface area contributed by atoms with Gasteiger partial charge in [0.2, 0.25) is 5.91 Å². The number of aliphatic carboxylic acids is 1. The Labute approximate surface area is 182 Å². The molecule has 0 spiro atoms. The minimum absolute atomic E-state index is 0.0241. The number of hydrogen-bond acceptors (Lipinski definition) is 6. The number of thioether (sulfide) groups is 1. The highest BCUT2D eigenvalue weighted by atomic mass is 32.2. The summed E-state index contributed by atoms with van der Waals surface area (Å²) < 4.78 is 5.31. The van der Waals surface area contributed by atoms with Gasteiger partial charge in [0.15, 0.2) is 5.78 Å². The van der Waals surface area contributed by atoms with E-state index in [-0.39, 0.29) is 23.5 Å². The number of amides is 2. The molecule has 2 rings (SSSR count). The van der Waals surface area contributed by atoms with E-state index in [2.05, 4.69) is 0 Å². The number of carbonyl (C=O) groups is 4. The molecule has 0 bridgehead atoms. The molecule has 8 nitrogen and oxygen atoms in total. The fraction of sp³-hybridized carbons (Fsp3) is 0.810. The highest BCUT2D eigenvalue weighted by molar-refractivity contribution is 7.99. The van der Waals surface area contributed by atoms with Gasteiger partial charge in [-0.05, 0) is 51.7 Å². The van der Waals surface area contributed by atoms with Crippen molar-refractivity contribution < 1.29 is 29.0 Å². The Morgan fingerprint density at radius 2 is 1.93 bits per heavy atom. The molecule has 2 saturated heterocycles. The second kappa shape index (κ2) is 8.77. The summed E-state index contributed by atoms with van der Waals surface area (Å²) in [7, 11) is 1.50. The van der Waals surface area contributed by atoms with Crippen molar-refractivity contribution in [3.63, 3.8) is 0 Å². The summed E-state index contributed by atoms with van der Waals surface area (Å²) in [5.74, 6) is -1.43. The number of likely N-dealkylation sites (N-methyl/N-ethyl adjacent to an activating group) is 1. The van der Waals surface area contributed by atoms with E-state index < -0.39 is 41.1 Å². The zero-order chi connectivity index (χ0) is 23.0. The van der Waals surface area contributed by atoms with Crippen LogP contribution in [0, 0.1) is 11.3 Å². The summed E-state index contributed by atoms with van der Waals surface area (Å²) in [5, 5.41) is 9.57. The van der Waals surface area contributed by atoms with Crippen molar-refractivity contribution in [3.05, 3.63) is 0 Å². The lowest BCUT2D eigenvalue weighted by Crippen LogP contribution is -2.50. The van der Waals surface area contributed by atoms with Crippen LogP contribution in [0.5, 0.6) is 0 Å². The Morgan fingerprint density at radius 1 is 1.33 bits per heavy atom. The van der Waals surface area contributed by atoms with Crippen molar-refractivity contribution in [1.82, 2.24) is 9.80 Å². The highest BCUT2D eigenvalue weighted by Gasteiger charge is 2.54. The van der Waals surface area contributed by atoms with Crippen LogP contribution in [0.2, 0.25) is 0 Å². The van der Waals surface area contributed by atoms with Crippen LogP contribution in [0.1, 0.15) is 60.8 Å². The monoisotopic (exact) mass is 442 g/mol. The summed E-state index contributed by atoms with van der Waals surface area (Å²) in [6.07, 6.45) is 0.499. The number of ether oxygens (including phenoxy) is 1. The molecule has 2 fully saturated rings. The van der Waals surface area contributed by atoms with Gasteiger partial charge in [-0.15, -0.1) is 11.8 Å². The molecule has 2 heterocycles. The molecule has 0 aromatic carbocycles. The van der Waals surface area contributed by atoms with Crippen LogP contribution in [0.3, 0.4) is 0 Å². The van der Waals surface area contributed by atoms with Gasteiger partial charge < -0.3 is 19.6 Å². The van der Waals surface area contributed by atoms with Crippen LogP contribution in [0.15, 0.2) is 0 Å². The van der Waals surface area contributed by atoms with Crippen LogP contribution in [-0.4, -0.2) is 74.5 Å². The molecular weight excluding hydrogens is 408 g/mol. The number of carbonyl (C=O) groups excluding carboxylic acids is 3. The minimum atomic E-state index is -1.01.